The first-order valence-corrected chi connectivity index (χ1v) is 13.7. The Labute approximate surface area is 238 Å². The molecule has 1 amide bonds. The number of aliphatic hydroxyl groups is 1. The Balaban J connectivity index is 1.47. The number of hydrogen-bond donors (Lipinski definition) is 3. The summed E-state index contributed by atoms with van der Waals surface area (Å²) in [5.74, 6) is 0. The van der Waals surface area contributed by atoms with Gasteiger partial charge in [-0.25, -0.2) is 14.8 Å². The van der Waals surface area contributed by atoms with Crippen molar-refractivity contribution < 1.29 is 14.6 Å². The van der Waals surface area contributed by atoms with Crippen LogP contribution in [0.2, 0.25) is 0 Å². The summed E-state index contributed by atoms with van der Waals surface area (Å²) in [7, 11) is 0. The number of carbonyl (C=O) groups excluding carboxylic acids is 1. The van der Waals surface area contributed by atoms with E-state index in [4.69, 9.17) is 15.5 Å². The van der Waals surface area contributed by atoms with Gasteiger partial charge in [-0.05, 0) is 45.7 Å². The van der Waals surface area contributed by atoms with Crippen LogP contribution in [0.25, 0.3) is 39.1 Å². The van der Waals surface area contributed by atoms with Gasteiger partial charge in [-0.3, -0.25) is 0 Å². The average molecular weight is 551 g/mol. The number of nitrogen functional groups attached to an aromatic ring is 1. The Morgan fingerprint density at radius 1 is 1.07 bits per heavy atom. The predicted molar refractivity (Wildman–Crippen MR) is 159 cm³/mol. The molecule has 0 radical (unpaired) electrons. The van der Waals surface area contributed by atoms with E-state index in [0.717, 1.165) is 33.3 Å². The van der Waals surface area contributed by atoms with Gasteiger partial charge in [0.1, 0.15) is 5.60 Å². The summed E-state index contributed by atoms with van der Waals surface area (Å²) < 4.78 is 7.26. The zero-order valence-electron chi connectivity index (χ0n) is 23.9. The molecule has 4 N–H and O–H groups in total. The van der Waals surface area contributed by atoms with Gasteiger partial charge in [-0.1, -0.05) is 54.6 Å². The Morgan fingerprint density at radius 3 is 2.39 bits per heavy atom. The molecular formula is C32H34N6O3. The van der Waals surface area contributed by atoms with Crippen LogP contribution in [0, 0.1) is 6.92 Å². The molecule has 0 bridgehead atoms. The minimum absolute atomic E-state index is 0.374. The molecule has 1 fully saturated rings. The minimum atomic E-state index is -0.885. The lowest BCUT2D eigenvalue weighted by Gasteiger charge is -2.52. The number of aryl methyl sites for hydroxylation is 1. The number of alkyl carbamates (subject to hydrolysis) is 1. The summed E-state index contributed by atoms with van der Waals surface area (Å²) in [6, 6.07) is 19.7. The van der Waals surface area contributed by atoms with E-state index in [1.54, 1.807) is 17.6 Å². The molecule has 0 aliphatic heterocycles. The van der Waals surface area contributed by atoms with Gasteiger partial charge in [0.25, 0.3) is 0 Å². The summed E-state index contributed by atoms with van der Waals surface area (Å²) in [6.45, 7) is 9.17. The topological polar surface area (TPSA) is 128 Å². The third-order valence-corrected chi connectivity index (χ3v) is 7.47. The lowest BCUT2D eigenvalue weighted by atomic mass is 9.62. The molecule has 210 valence electrons. The van der Waals surface area contributed by atoms with Crippen LogP contribution in [-0.4, -0.2) is 42.0 Å². The van der Waals surface area contributed by atoms with Crippen molar-refractivity contribution >= 4 is 28.5 Å². The first kappa shape index (κ1) is 26.7. The Kier molecular flexibility index (Phi) is 6.04. The van der Waals surface area contributed by atoms with Gasteiger partial charge in [0.15, 0.2) is 11.3 Å². The smallest absolute Gasteiger partial charge is 0.408 e. The number of aromatic nitrogens is 4. The van der Waals surface area contributed by atoms with Crippen LogP contribution in [0.15, 0.2) is 66.9 Å². The van der Waals surface area contributed by atoms with Crippen molar-refractivity contribution in [1.29, 1.82) is 0 Å². The number of nitrogens with zero attached hydrogens (tertiary/aromatic N) is 4. The van der Waals surface area contributed by atoms with E-state index in [1.807, 2.05) is 88.4 Å². The van der Waals surface area contributed by atoms with Crippen molar-refractivity contribution in [3.8, 4) is 22.4 Å². The van der Waals surface area contributed by atoms with E-state index in [0.29, 0.717) is 35.5 Å². The quantitative estimate of drug-likeness (QED) is 0.259. The summed E-state index contributed by atoms with van der Waals surface area (Å²) in [5, 5.41) is 19.0. The number of nitrogens with two attached hydrogens (primary N) is 1. The number of benzene rings is 2. The molecule has 1 aliphatic carbocycles. The minimum Gasteiger partial charge on any atom is -0.444 e. The lowest BCUT2D eigenvalue weighted by Crippen LogP contribution is -2.62. The maximum Gasteiger partial charge on any atom is 0.408 e. The molecule has 9 heteroatoms. The Morgan fingerprint density at radius 2 is 1.76 bits per heavy atom. The highest BCUT2D eigenvalue weighted by atomic mass is 16.6. The fraction of sp³-hybridized carbons (Fsp3) is 0.312. The number of ether oxygens (including phenoxy) is 1. The first-order chi connectivity index (χ1) is 19.3. The summed E-state index contributed by atoms with van der Waals surface area (Å²) >= 11 is 0. The van der Waals surface area contributed by atoms with Crippen molar-refractivity contribution in [3.63, 3.8) is 0 Å². The molecule has 6 rings (SSSR count). The van der Waals surface area contributed by atoms with Gasteiger partial charge in [0, 0.05) is 36.2 Å². The second kappa shape index (κ2) is 9.27. The monoisotopic (exact) mass is 550 g/mol. The highest BCUT2D eigenvalue weighted by molar-refractivity contribution is 6.02. The zero-order chi connectivity index (χ0) is 29.2. The van der Waals surface area contributed by atoms with Crippen LogP contribution in [-0.2, 0) is 10.3 Å². The normalized spacial score (nSPS) is 20.6. The van der Waals surface area contributed by atoms with Gasteiger partial charge in [-0.2, -0.15) is 9.61 Å². The largest absolute Gasteiger partial charge is 0.444 e. The summed E-state index contributed by atoms with van der Waals surface area (Å²) in [5.41, 5.74) is 11.5. The van der Waals surface area contributed by atoms with E-state index < -0.39 is 22.8 Å². The molecule has 0 spiro atoms. The van der Waals surface area contributed by atoms with Gasteiger partial charge in [0.05, 0.1) is 33.6 Å². The van der Waals surface area contributed by atoms with Gasteiger partial charge >= 0.3 is 6.09 Å². The highest BCUT2D eigenvalue weighted by Crippen LogP contribution is 2.49. The molecule has 9 nitrogen and oxygen atoms in total. The van der Waals surface area contributed by atoms with Crippen molar-refractivity contribution in [2.45, 2.75) is 64.2 Å². The van der Waals surface area contributed by atoms with Crippen LogP contribution in [0.3, 0.4) is 0 Å². The standard InChI is InChI=1S/C32H34N6O3/c1-19-15-24-34-16-23-26(33)25(20-9-7-6-8-10-20)27(35-28(23)38(24)37-19)21-11-13-22(14-12-21)32(17-31(5,40)18-32)36-29(39)41-30(2,3)4/h6-16,40H,17-18H2,1-5H3,(H2,33,35)(H,36,39)/t31-,32+. The SMILES string of the molecule is Cc1cc2ncc3c(N)c(-c4ccccc4)c(-c4ccc([C@]5(NC(=O)OC(C)(C)C)C[C@@](C)(O)C5)cc4)nc3n2n1. The predicted octanol–water partition coefficient (Wildman–Crippen LogP) is 5.77. The fourth-order valence-corrected chi connectivity index (χ4v) is 5.92. The third-order valence-electron chi connectivity index (χ3n) is 7.47. The van der Waals surface area contributed by atoms with Crippen molar-refractivity contribution in [3.05, 3.63) is 78.1 Å². The molecule has 41 heavy (non-hydrogen) atoms. The van der Waals surface area contributed by atoms with Crippen LogP contribution in [0.5, 0.6) is 0 Å². The maximum absolute atomic E-state index is 12.8. The summed E-state index contributed by atoms with van der Waals surface area (Å²) in [6.07, 6.45) is 1.99. The number of carbonyl (C=O) groups is 1. The highest BCUT2D eigenvalue weighted by Gasteiger charge is 2.53. The van der Waals surface area contributed by atoms with Crippen LogP contribution in [0.1, 0.15) is 51.8 Å². The molecule has 0 unspecified atom stereocenters. The second-order valence-corrected chi connectivity index (χ2v) is 12.3. The molecule has 0 saturated heterocycles. The van der Waals surface area contributed by atoms with Crippen LogP contribution < -0.4 is 11.1 Å². The molecule has 2 aromatic carbocycles. The van der Waals surface area contributed by atoms with E-state index in [-0.39, 0.29) is 0 Å². The van der Waals surface area contributed by atoms with Crippen molar-refractivity contribution in [2.24, 2.45) is 0 Å². The van der Waals surface area contributed by atoms with E-state index in [9.17, 15) is 9.90 Å². The molecule has 0 atom stereocenters. The van der Waals surface area contributed by atoms with E-state index >= 15 is 0 Å². The van der Waals surface area contributed by atoms with Crippen LogP contribution in [0.4, 0.5) is 10.5 Å². The lowest BCUT2D eigenvalue weighted by molar-refractivity contribution is -0.0892. The number of pyridine rings is 1. The number of nitrogens with one attached hydrogen (secondary N) is 1. The Hall–Kier alpha value is -4.50. The van der Waals surface area contributed by atoms with E-state index in [1.165, 1.54) is 0 Å². The first-order valence-electron chi connectivity index (χ1n) is 13.7. The number of anilines is 1. The number of amides is 1. The molecular weight excluding hydrogens is 516 g/mol. The van der Waals surface area contributed by atoms with Gasteiger partial charge < -0.3 is 20.9 Å². The van der Waals surface area contributed by atoms with Crippen molar-refractivity contribution in [1.82, 2.24) is 24.9 Å². The van der Waals surface area contributed by atoms with Crippen LogP contribution >= 0.6 is 0 Å². The molecule has 1 aliphatic rings. The molecule has 3 heterocycles. The fourth-order valence-electron chi connectivity index (χ4n) is 5.92. The molecule has 5 aromatic rings. The van der Waals surface area contributed by atoms with Gasteiger partial charge in [-0.15, -0.1) is 0 Å². The van der Waals surface area contributed by atoms with Gasteiger partial charge in [0.2, 0.25) is 0 Å². The number of fused-ring (bicyclic) bond motifs is 3. The molecule has 1 saturated carbocycles. The maximum atomic E-state index is 12.8. The summed E-state index contributed by atoms with van der Waals surface area (Å²) in [4.78, 5) is 22.4. The number of rotatable bonds is 4. The zero-order valence-corrected chi connectivity index (χ0v) is 23.9. The van der Waals surface area contributed by atoms with Crippen molar-refractivity contribution in [2.75, 3.05) is 5.73 Å². The van der Waals surface area contributed by atoms with E-state index in [2.05, 4.69) is 15.4 Å². The number of hydrogen-bond acceptors (Lipinski definition) is 7. The Bertz CT molecular complexity index is 1780. The average Bonchev–Trinajstić information content (AvgIpc) is 3.27. The third kappa shape index (κ3) is 4.86. The molecule has 3 aromatic heterocycles. The second-order valence-electron chi connectivity index (χ2n) is 12.3.